The van der Waals surface area contributed by atoms with Crippen LogP contribution in [0.5, 0.6) is 0 Å². The summed E-state index contributed by atoms with van der Waals surface area (Å²) < 4.78 is 2.26. The highest BCUT2D eigenvalue weighted by Crippen LogP contribution is 1.96. The molecule has 0 unspecified atom stereocenters. The van der Waals surface area contributed by atoms with Crippen molar-refractivity contribution in [2.45, 2.75) is 26.8 Å². The molecule has 0 fully saturated rings. The minimum Gasteiger partial charge on any atom is -0.345 e. The van der Waals surface area contributed by atoms with E-state index in [2.05, 4.69) is 50.3 Å². The van der Waals surface area contributed by atoms with E-state index >= 15 is 0 Å². The molecular formula is C12H17N. The van der Waals surface area contributed by atoms with Crippen molar-refractivity contribution in [1.82, 2.24) is 4.57 Å². The first-order valence-corrected chi connectivity index (χ1v) is 4.66. The third-order valence-corrected chi connectivity index (χ3v) is 2.12. The molecule has 0 aliphatic carbocycles. The molecule has 0 atom stereocenters. The number of allylic oxidation sites excluding steroid dienone is 1. The zero-order valence-corrected chi connectivity index (χ0v) is 8.62. The summed E-state index contributed by atoms with van der Waals surface area (Å²) in [6, 6.07) is 2.63. The summed E-state index contributed by atoms with van der Waals surface area (Å²) in [6.45, 7) is 10.1. The molecule has 1 heteroatoms. The van der Waals surface area contributed by atoms with Crippen molar-refractivity contribution in [3.05, 3.63) is 35.5 Å². The average molecular weight is 175 g/mol. The van der Waals surface area contributed by atoms with Crippen LogP contribution < -0.4 is 10.6 Å². The molecule has 0 bridgehead atoms. The lowest BCUT2D eigenvalue weighted by Gasteiger charge is -2.06. The van der Waals surface area contributed by atoms with Gasteiger partial charge in [-0.15, -0.1) is 0 Å². The van der Waals surface area contributed by atoms with Gasteiger partial charge in [-0.25, -0.2) is 0 Å². The summed E-state index contributed by atoms with van der Waals surface area (Å²) in [6.07, 6.45) is 8.12. The van der Waals surface area contributed by atoms with E-state index in [1.807, 2.05) is 12.2 Å². The number of nitrogens with zero attached hydrogens (tertiary/aromatic N) is 1. The molecule has 0 aliphatic rings. The van der Waals surface area contributed by atoms with E-state index in [0.29, 0.717) is 6.04 Å². The molecule has 0 amide bonds. The standard InChI is InChI=1S/C12H17N/c1-5-7-11-8-9-13(10(3)4)12(11)6-2/h5-10H,1H2,2-4H3/b11-7-,12-6+. The first kappa shape index (κ1) is 9.85. The SMILES string of the molecule is C=C/C=c1/ccn(C(C)C)/c1=C/C. The van der Waals surface area contributed by atoms with E-state index in [9.17, 15) is 0 Å². The molecule has 1 aromatic rings. The van der Waals surface area contributed by atoms with Crippen molar-refractivity contribution in [2.75, 3.05) is 0 Å². The third-order valence-electron chi connectivity index (χ3n) is 2.12. The molecule has 13 heavy (non-hydrogen) atoms. The van der Waals surface area contributed by atoms with Crippen LogP contribution in [0.4, 0.5) is 0 Å². The van der Waals surface area contributed by atoms with Gasteiger partial charge in [-0.3, -0.25) is 0 Å². The lowest BCUT2D eigenvalue weighted by atomic mass is 10.3. The number of hydrogen-bond acceptors (Lipinski definition) is 0. The summed E-state index contributed by atoms with van der Waals surface area (Å²) in [7, 11) is 0. The minimum atomic E-state index is 0.512. The Kier molecular flexibility index (Phi) is 3.13. The second-order valence-electron chi connectivity index (χ2n) is 3.35. The highest BCUT2D eigenvalue weighted by molar-refractivity contribution is 5.36. The van der Waals surface area contributed by atoms with Crippen LogP contribution in [0.3, 0.4) is 0 Å². The summed E-state index contributed by atoms with van der Waals surface area (Å²) in [5, 5.41) is 2.51. The van der Waals surface area contributed by atoms with Crippen LogP contribution in [0, 0.1) is 0 Å². The Morgan fingerprint density at radius 2 is 2.15 bits per heavy atom. The summed E-state index contributed by atoms with van der Waals surface area (Å²) in [5.41, 5.74) is 0. The van der Waals surface area contributed by atoms with Gasteiger partial charge >= 0.3 is 0 Å². The van der Waals surface area contributed by atoms with Gasteiger partial charge in [0.05, 0.1) is 0 Å². The highest BCUT2D eigenvalue weighted by atomic mass is 15.0. The Morgan fingerprint density at radius 1 is 1.46 bits per heavy atom. The van der Waals surface area contributed by atoms with E-state index in [1.165, 1.54) is 10.6 Å². The monoisotopic (exact) mass is 175 g/mol. The summed E-state index contributed by atoms with van der Waals surface area (Å²) in [4.78, 5) is 0. The van der Waals surface area contributed by atoms with E-state index in [4.69, 9.17) is 0 Å². The molecule has 0 N–H and O–H groups in total. The molecule has 1 rings (SSSR count). The van der Waals surface area contributed by atoms with Crippen LogP contribution in [0.2, 0.25) is 0 Å². The maximum atomic E-state index is 3.71. The summed E-state index contributed by atoms with van der Waals surface area (Å²) in [5.74, 6) is 0. The Labute approximate surface area is 79.7 Å². The molecule has 0 aliphatic heterocycles. The fourth-order valence-electron chi connectivity index (χ4n) is 1.51. The van der Waals surface area contributed by atoms with Crippen molar-refractivity contribution in [1.29, 1.82) is 0 Å². The van der Waals surface area contributed by atoms with Gasteiger partial charge in [0.1, 0.15) is 0 Å². The maximum absolute atomic E-state index is 3.71. The molecule has 1 heterocycles. The zero-order chi connectivity index (χ0) is 9.84. The minimum absolute atomic E-state index is 0.512. The van der Waals surface area contributed by atoms with Crippen molar-refractivity contribution < 1.29 is 0 Å². The van der Waals surface area contributed by atoms with E-state index in [0.717, 1.165) is 0 Å². The maximum Gasteiger partial charge on any atom is 0.0439 e. The van der Waals surface area contributed by atoms with Crippen molar-refractivity contribution in [3.63, 3.8) is 0 Å². The van der Waals surface area contributed by atoms with E-state index in [1.54, 1.807) is 0 Å². The third kappa shape index (κ3) is 1.92. The van der Waals surface area contributed by atoms with E-state index < -0.39 is 0 Å². The predicted molar refractivity (Wildman–Crippen MR) is 58.9 cm³/mol. The molecular weight excluding hydrogens is 158 g/mol. The molecule has 70 valence electrons. The fourth-order valence-corrected chi connectivity index (χ4v) is 1.51. The van der Waals surface area contributed by atoms with Crippen LogP contribution in [-0.4, -0.2) is 4.57 Å². The highest BCUT2D eigenvalue weighted by Gasteiger charge is 1.97. The van der Waals surface area contributed by atoms with Crippen LogP contribution in [-0.2, 0) is 0 Å². The van der Waals surface area contributed by atoms with Crippen molar-refractivity contribution in [3.8, 4) is 0 Å². The first-order chi connectivity index (χ1) is 6.20. The lowest BCUT2D eigenvalue weighted by molar-refractivity contribution is 0.588. The average Bonchev–Trinajstić information content (AvgIpc) is 2.48. The molecule has 0 saturated heterocycles. The molecule has 0 spiro atoms. The van der Waals surface area contributed by atoms with Gasteiger partial charge in [0, 0.05) is 17.6 Å². The Bertz CT molecular complexity index is 393. The fraction of sp³-hybridized carbons (Fsp3) is 0.333. The van der Waals surface area contributed by atoms with Crippen LogP contribution >= 0.6 is 0 Å². The number of hydrogen-bond donors (Lipinski definition) is 0. The predicted octanol–water partition coefficient (Wildman–Crippen LogP) is 1.84. The van der Waals surface area contributed by atoms with Gasteiger partial charge in [-0.05, 0) is 32.1 Å². The normalized spacial score (nSPS) is 14.2. The molecule has 0 radical (unpaired) electrons. The van der Waals surface area contributed by atoms with Crippen molar-refractivity contribution in [2.24, 2.45) is 0 Å². The van der Waals surface area contributed by atoms with Crippen LogP contribution in [0.1, 0.15) is 26.8 Å². The zero-order valence-electron chi connectivity index (χ0n) is 8.62. The van der Waals surface area contributed by atoms with Gasteiger partial charge in [0.15, 0.2) is 0 Å². The van der Waals surface area contributed by atoms with Crippen LogP contribution in [0.25, 0.3) is 12.2 Å². The number of rotatable bonds is 2. The lowest BCUT2D eigenvalue weighted by Crippen LogP contribution is -2.29. The second-order valence-corrected chi connectivity index (χ2v) is 3.35. The molecule has 0 aromatic carbocycles. The molecule has 0 saturated carbocycles. The number of aromatic nitrogens is 1. The quantitative estimate of drug-likeness (QED) is 0.646. The van der Waals surface area contributed by atoms with Gasteiger partial charge < -0.3 is 4.57 Å². The van der Waals surface area contributed by atoms with Gasteiger partial charge in [-0.2, -0.15) is 0 Å². The Hall–Kier alpha value is -1.24. The summed E-state index contributed by atoms with van der Waals surface area (Å²) >= 11 is 0. The van der Waals surface area contributed by atoms with E-state index in [-0.39, 0.29) is 0 Å². The van der Waals surface area contributed by atoms with Gasteiger partial charge in [-0.1, -0.05) is 24.8 Å². The Morgan fingerprint density at radius 3 is 2.62 bits per heavy atom. The van der Waals surface area contributed by atoms with Gasteiger partial charge in [0.2, 0.25) is 0 Å². The second kappa shape index (κ2) is 4.13. The smallest absolute Gasteiger partial charge is 0.0439 e. The topological polar surface area (TPSA) is 4.93 Å². The van der Waals surface area contributed by atoms with Crippen LogP contribution in [0.15, 0.2) is 24.9 Å². The Balaban J connectivity index is 3.45. The largest absolute Gasteiger partial charge is 0.345 e. The molecule has 1 nitrogen and oxygen atoms in total. The van der Waals surface area contributed by atoms with Gasteiger partial charge in [0.25, 0.3) is 0 Å². The molecule has 1 aromatic heterocycles. The first-order valence-electron chi connectivity index (χ1n) is 4.66. The van der Waals surface area contributed by atoms with Crippen molar-refractivity contribution >= 4 is 12.2 Å².